The van der Waals surface area contributed by atoms with Crippen LogP contribution in [0, 0.1) is 0 Å². The SMILES string of the molecule is CCCNCc1sc(CCC(F)(F)F)nc1C(C)(C)C. The van der Waals surface area contributed by atoms with Crippen LogP contribution in [0.1, 0.15) is 56.1 Å². The lowest BCUT2D eigenvalue weighted by molar-refractivity contribution is -0.134. The van der Waals surface area contributed by atoms with Gasteiger partial charge in [-0.15, -0.1) is 11.3 Å². The van der Waals surface area contributed by atoms with Crippen molar-refractivity contribution in [3.05, 3.63) is 15.6 Å². The van der Waals surface area contributed by atoms with Gasteiger partial charge >= 0.3 is 6.18 Å². The van der Waals surface area contributed by atoms with Crippen LogP contribution in [0.15, 0.2) is 0 Å². The molecule has 6 heteroatoms. The number of alkyl halides is 3. The summed E-state index contributed by atoms with van der Waals surface area (Å²) in [4.78, 5) is 5.50. The van der Waals surface area contributed by atoms with Crippen LogP contribution in [-0.4, -0.2) is 17.7 Å². The zero-order valence-electron chi connectivity index (χ0n) is 12.5. The van der Waals surface area contributed by atoms with Crippen molar-refractivity contribution in [1.29, 1.82) is 0 Å². The van der Waals surface area contributed by atoms with Gasteiger partial charge in [0, 0.05) is 29.7 Å². The van der Waals surface area contributed by atoms with E-state index in [0.29, 0.717) is 11.6 Å². The van der Waals surface area contributed by atoms with Gasteiger partial charge in [0.1, 0.15) is 0 Å². The lowest BCUT2D eigenvalue weighted by Gasteiger charge is -2.17. The second-order valence-corrected chi connectivity index (χ2v) is 7.09. The van der Waals surface area contributed by atoms with Crippen molar-refractivity contribution >= 4 is 11.3 Å². The molecule has 2 nitrogen and oxygen atoms in total. The summed E-state index contributed by atoms with van der Waals surface area (Å²) in [5.41, 5.74) is 0.777. The average Bonchev–Trinajstić information content (AvgIpc) is 2.69. The van der Waals surface area contributed by atoms with Crippen molar-refractivity contribution < 1.29 is 13.2 Å². The molecule has 116 valence electrons. The summed E-state index contributed by atoms with van der Waals surface area (Å²) in [7, 11) is 0. The summed E-state index contributed by atoms with van der Waals surface area (Å²) in [6.07, 6.45) is -3.91. The molecule has 0 bridgehead atoms. The lowest BCUT2D eigenvalue weighted by Crippen LogP contribution is -2.19. The lowest BCUT2D eigenvalue weighted by atomic mass is 9.91. The number of nitrogens with one attached hydrogen (secondary N) is 1. The van der Waals surface area contributed by atoms with Crippen LogP contribution in [0.5, 0.6) is 0 Å². The Morgan fingerprint density at radius 3 is 2.35 bits per heavy atom. The zero-order chi connectivity index (χ0) is 15.4. The van der Waals surface area contributed by atoms with Crippen LogP contribution in [0.2, 0.25) is 0 Å². The minimum Gasteiger partial charge on any atom is -0.312 e. The van der Waals surface area contributed by atoms with Gasteiger partial charge in [0.25, 0.3) is 0 Å². The predicted molar refractivity (Wildman–Crippen MR) is 77.2 cm³/mol. The van der Waals surface area contributed by atoms with E-state index in [4.69, 9.17) is 0 Å². The molecule has 1 rings (SSSR count). The second kappa shape index (κ2) is 6.89. The topological polar surface area (TPSA) is 24.9 Å². The Morgan fingerprint density at radius 1 is 1.20 bits per heavy atom. The van der Waals surface area contributed by atoms with E-state index in [0.717, 1.165) is 23.5 Å². The van der Waals surface area contributed by atoms with Crippen molar-refractivity contribution in [3.8, 4) is 0 Å². The van der Waals surface area contributed by atoms with Gasteiger partial charge in [0.2, 0.25) is 0 Å². The molecular formula is C14H23F3N2S. The van der Waals surface area contributed by atoms with E-state index in [1.807, 2.05) is 20.8 Å². The number of hydrogen-bond acceptors (Lipinski definition) is 3. The van der Waals surface area contributed by atoms with Crippen molar-refractivity contribution in [2.75, 3.05) is 6.54 Å². The number of halogens is 3. The number of hydrogen-bond donors (Lipinski definition) is 1. The molecule has 0 unspecified atom stereocenters. The van der Waals surface area contributed by atoms with Crippen molar-refractivity contribution in [2.45, 2.75) is 65.1 Å². The van der Waals surface area contributed by atoms with Gasteiger partial charge in [0.05, 0.1) is 10.7 Å². The van der Waals surface area contributed by atoms with E-state index < -0.39 is 12.6 Å². The fourth-order valence-electron chi connectivity index (χ4n) is 1.84. The third-order valence-corrected chi connectivity index (χ3v) is 3.90. The second-order valence-electron chi connectivity index (χ2n) is 5.92. The summed E-state index contributed by atoms with van der Waals surface area (Å²) in [5.74, 6) is 0. The maximum atomic E-state index is 12.3. The summed E-state index contributed by atoms with van der Waals surface area (Å²) < 4.78 is 36.9. The van der Waals surface area contributed by atoms with Gasteiger partial charge in [-0.25, -0.2) is 4.98 Å². The monoisotopic (exact) mass is 308 g/mol. The minimum atomic E-state index is -4.12. The quantitative estimate of drug-likeness (QED) is 0.786. The third kappa shape index (κ3) is 5.79. The standard InChI is InChI=1S/C14H23F3N2S/c1-5-8-18-9-10-12(13(2,3)4)19-11(20-10)6-7-14(15,16)17/h18H,5-9H2,1-4H3. The highest BCUT2D eigenvalue weighted by Gasteiger charge is 2.28. The average molecular weight is 308 g/mol. The van der Waals surface area contributed by atoms with E-state index in [1.54, 1.807) is 0 Å². The van der Waals surface area contributed by atoms with E-state index in [2.05, 4.69) is 17.2 Å². The number of aromatic nitrogens is 1. The first kappa shape index (κ1) is 17.4. The Hall–Kier alpha value is -0.620. The van der Waals surface area contributed by atoms with Crippen molar-refractivity contribution in [2.24, 2.45) is 0 Å². The molecule has 0 aromatic carbocycles. The molecule has 0 radical (unpaired) electrons. The summed E-state index contributed by atoms with van der Waals surface area (Å²) >= 11 is 1.40. The maximum absolute atomic E-state index is 12.3. The van der Waals surface area contributed by atoms with Gasteiger partial charge in [-0.3, -0.25) is 0 Å². The van der Waals surface area contributed by atoms with Crippen molar-refractivity contribution in [1.82, 2.24) is 10.3 Å². The van der Waals surface area contributed by atoms with Crippen LogP contribution < -0.4 is 5.32 Å². The Kier molecular flexibility index (Phi) is 6.01. The van der Waals surface area contributed by atoms with Gasteiger partial charge in [-0.1, -0.05) is 27.7 Å². The van der Waals surface area contributed by atoms with Crippen LogP contribution in [-0.2, 0) is 18.4 Å². The minimum absolute atomic E-state index is 0.0228. The van der Waals surface area contributed by atoms with Crippen LogP contribution in [0.4, 0.5) is 13.2 Å². The molecular weight excluding hydrogens is 285 g/mol. The molecule has 0 aliphatic carbocycles. The van der Waals surface area contributed by atoms with E-state index in [-0.39, 0.29) is 11.8 Å². The zero-order valence-corrected chi connectivity index (χ0v) is 13.3. The van der Waals surface area contributed by atoms with Crippen LogP contribution >= 0.6 is 11.3 Å². The Labute approximate surface area is 122 Å². The molecule has 0 amide bonds. The first-order valence-electron chi connectivity index (χ1n) is 6.90. The Balaban J connectivity index is 2.83. The molecule has 0 spiro atoms. The first-order valence-corrected chi connectivity index (χ1v) is 7.71. The molecule has 0 saturated heterocycles. The highest BCUT2D eigenvalue weighted by Crippen LogP contribution is 2.31. The number of nitrogens with zero attached hydrogens (tertiary/aromatic N) is 1. The summed E-state index contributed by atoms with van der Waals surface area (Å²) in [6.45, 7) is 9.79. The van der Waals surface area contributed by atoms with Crippen LogP contribution in [0.3, 0.4) is 0 Å². The normalized spacial score (nSPS) is 12.9. The molecule has 1 aromatic rings. The smallest absolute Gasteiger partial charge is 0.312 e. The third-order valence-electron chi connectivity index (χ3n) is 2.79. The van der Waals surface area contributed by atoms with Gasteiger partial charge in [-0.2, -0.15) is 13.2 Å². The van der Waals surface area contributed by atoms with E-state index in [9.17, 15) is 13.2 Å². The molecule has 1 aromatic heterocycles. The Morgan fingerprint density at radius 2 is 1.85 bits per heavy atom. The molecule has 0 fully saturated rings. The van der Waals surface area contributed by atoms with Crippen molar-refractivity contribution in [3.63, 3.8) is 0 Å². The molecule has 0 aliphatic rings. The molecule has 1 heterocycles. The fourth-order valence-corrected chi connectivity index (χ4v) is 3.09. The summed E-state index contributed by atoms with van der Waals surface area (Å²) in [5, 5.41) is 3.88. The van der Waals surface area contributed by atoms with Gasteiger partial charge in [-0.05, 0) is 13.0 Å². The maximum Gasteiger partial charge on any atom is 0.389 e. The Bertz CT molecular complexity index is 419. The van der Waals surface area contributed by atoms with Gasteiger partial charge in [0.15, 0.2) is 0 Å². The van der Waals surface area contributed by atoms with E-state index in [1.165, 1.54) is 11.3 Å². The largest absolute Gasteiger partial charge is 0.389 e. The fraction of sp³-hybridized carbons (Fsp3) is 0.786. The summed E-state index contributed by atoms with van der Waals surface area (Å²) in [6, 6.07) is 0. The van der Waals surface area contributed by atoms with E-state index >= 15 is 0 Å². The molecule has 1 N–H and O–H groups in total. The number of rotatable bonds is 6. The predicted octanol–water partition coefficient (Wildman–Crippen LogP) is 4.44. The molecule has 0 atom stereocenters. The number of thiazole rings is 1. The molecule has 0 saturated carbocycles. The highest BCUT2D eigenvalue weighted by molar-refractivity contribution is 7.11. The first-order chi connectivity index (χ1) is 9.13. The van der Waals surface area contributed by atoms with Crippen LogP contribution in [0.25, 0.3) is 0 Å². The molecule has 20 heavy (non-hydrogen) atoms. The molecule has 0 aliphatic heterocycles. The number of aryl methyl sites for hydroxylation is 1. The highest BCUT2D eigenvalue weighted by atomic mass is 32.1. The van der Waals surface area contributed by atoms with Gasteiger partial charge < -0.3 is 5.32 Å².